The van der Waals surface area contributed by atoms with E-state index in [2.05, 4.69) is 4.74 Å². The maximum Gasteiger partial charge on any atom is 0.343 e. The van der Waals surface area contributed by atoms with Crippen molar-refractivity contribution >= 4 is 29.0 Å². The molecule has 0 saturated heterocycles. The maximum absolute atomic E-state index is 11.8. The number of methoxy groups -OCH3 is 1. The Bertz CT molecular complexity index is 800. The molecule has 0 unspecified atom stereocenters. The van der Waals surface area contributed by atoms with E-state index < -0.39 is 17.6 Å². The monoisotopic (exact) mass is 302 g/mol. The smallest absolute Gasteiger partial charge is 0.343 e. The van der Waals surface area contributed by atoms with E-state index in [1.165, 1.54) is 31.4 Å². The SMILES string of the molecule is CCOC(=O)/C=C/c1cc2cc(C(=O)OC)ccc2oc1=O. The maximum atomic E-state index is 11.8. The van der Waals surface area contributed by atoms with Crippen molar-refractivity contribution in [3.8, 4) is 0 Å². The van der Waals surface area contributed by atoms with E-state index >= 15 is 0 Å². The highest BCUT2D eigenvalue weighted by atomic mass is 16.5. The largest absolute Gasteiger partial charge is 0.465 e. The number of hydrogen-bond acceptors (Lipinski definition) is 6. The summed E-state index contributed by atoms with van der Waals surface area (Å²) in [5.41, 5.74) is 0.275. The first-order chi connectivity index (χ1) is 10.5. The number of esters is 2. The van der Waals surface area contributed by atoms with Gasteiger partial charge in [0.05, 0.1) is 24.8 Å². The molecule has 22 heavy (non-hydrogen) atoms. The van der Waals surface area contributed by atoms with Crippen LogP contribution in [0.25, 0.3) is 17.0 Å². The van der Waals surface area contributed by atoms with Crippen molar-refractivity contribution < 1.29 is 23.5 Å². The van der Waals surface area contributed by atoms with E-state index in [1.54, 1.807) is 13.0 Å². The van der Waals surface area contributed by atoms with Crippen LogP contribution >= 0.6 is 0 Å². The average molecular weight is 302 g/mol. The van der Waals surface area contributed by atoms with Crippen LogP contribution < -0.4 is 5.63 Å². The third kappa shape index (κ3) is 3.41. The van der Waals surface area contributed by atoms with Gasteiger partial charge in [-0.3, -0.25) is 0 Å². The molecule has 0 radical (unpaired) electrons. The second-order valence-electron chi connectivity index (χ2n) is 4.32. The molecule has 1 heterocycles. The Kier molecular flexibility index (Phi) is 4.73. The normalized spacial score (nSPS) is 10.8. The summed E-state index contributed by atoms with van der Waals surface area (Å²) in [7, 11) is 1.28. The van der Waals surface area contributed by atoms with Crippen LogP contribution in [0.1, 0.15) is 22.8 Å². The predicted molar refractivity (Wildman–Crippen MR) is 79.5 cm³/mol. The lowest BCUT2D eigenvalue weighted by atomic mass is 10.1. The summed E-state index contributed by atoms with van der Waals surface area (Å²) < 4.78 is 14.5. The summed E-state index contributed by atoms with van der Waals surface area (Å²) in [4.78, 5) is 34.6. The van der Waals surface area contributed by atoms with Crippen molar-refractivity contribution in [3.05, 3.63) is 51.9 Å². The first kappa shape index (κ1) is 15.5. The lowest BCUT2D eigenvalue weighted by Gasteiger charge is -2.02. The molecule has 0 aliphatic rings. The lowest BCUT2D eigenvalue weighted by Crippen LogP contribution is -2.05. The highest BCUT2D eigenvalue weighted by Gasteiger charge is 2.09. The van der Waals surface area contributed by atoms with E-state index in [1.807, 2.05) is 0 Å². The summed E-state index contributed by atoms with van der Waals surface area (Å²) in [6, 6.07) is 6.10. The molecule has 6 heteroatoms. The van der Waals surface area contributed by atoms with Crippen molar-refractivity contribution in [2.45, 2.75) is 6.92 Å². The van der Waals surface area contributed by atoms with Gasteiger partial charge in [-0.1, -0.05) is 0 Å². The predicted octanol–water partition coefficient (Wildman–Crippen LogP) is 2.16. The zero-order chi connectivity index (χ0) is 16.1. The van der Waals surface area contributed by atoms with E-state index in [9.17, 15) is 14.4 Å². The number of carbonyl (C=O) groups excluding carboxylic acids is 2. The molecule has 0 aliphatic carbocycles. The third-order valence-electron chi connectivity index (χ3n) is 2.87. The van der Waals surface area contributed by atoms with Crippen molar-refractivity contribution in [2.24, 2.45) is 0 Å². The number of hydrogen-bond donors (Lipinski definition) is 0. The minimum atomic E-state index is -0.584. The van der Waals surface area contributed by atoms with Gasteiger partial charge in [-0.2, -0.15) is 0 Å². The number of carbonyl (C=O) groups is 2. The van der Waals surface area contributed by atoms with E-state index in [-0.39, 0.29) is 12.2 Å². The van der Waals surface area contributed by atoms with Crippen LogP contribution in [0.3, 0.4) is 0 Å². The van der Waals surface area contributed by atoms with Gasteiger partial charge < -0.3 is 13.9 Å². The standard InChI is InChI=1S/C16H14O6/c1-3-21-14(17)7-5-11-9-12-8-10(15(18)20-2)4-6-13(12)22-16(11)19/h4-9H,3H2,1-2H3/b7-5+. The molecular weight excluding hydrogens is 288 g/mol. The second-order valence-corrected chi connectivity index (χ2v) is 4.32. The number of fused-ring (bicyclic) bond motifs is 1. The average Bonchev–Trinajstić information content (AvgIpc) is 2.52. The second kappa shape index (κ2) is 6.71. The first-order valence-corrected chi connectivity index (χ1v) is 6.56. The van der Waals surface area contributed by atoms with Crippen molar-refractivity contribution in [1.82, 2.24) is 0 Å². The topological polar surface area (TPSA) is 82.8 Å². The molecule has 0 saturated carbocycles. The number of ether oxygens (including phenoxy) is 2. The molecule has 114 valence electrons. The van der Waals surface area contributed by atoms with Gasteiger partial charge in [0.15, 0.2) is 0 Å². The lowest BCUT2D eigenvalue weighted by molar-refractivity contribution is -0.137. The number of rotatable bonds is 4. The van der Waals surface area contributed by atoms with Gasteiger partial charge in [0.1, 0.15) is 5.58 Å². The van der Waals surface area contributed by atoms with Crippen LogP contribution in [0.15, 0.2) is 39.6 Å². The Hall–Kier alpha value is -2.89. The molecule has 2 rings (SSSR count). The van der Waals surface area contributed by atoms with Crippen molar-refractivity contribution in [2.75, 3.05) is 13.7 Å². The minimum absolute atomic E-state index is 0.183. The van der Waals surface area contributed by atoms with Gasteiger partial charge in [0, 0.05) is 11.5 Å². The molecule has 0 N–H and O–H groups in total. The summed E-state index contributed by atoms with van der Waals surface area (Å²) in [5, 5.41) is 0.547. The molecule has 1 aromatic carbocycles. The summed E-state index contributed by atoms with van der Waals surface area (Å²) in [5.74, 6) is -1.04. The zero-order valence-corrected chi connectivity index (χ0v) is 12.1. The molecular formula is C16H14O6. The molecule has 0 bridgehead atoms. The quantitative estimate of drug-likeness (QED) is 0.489. The van der Waals surface area contributed by atoms with Gasteiger partial charge in [-0.05, 0) is 37.3 Å². The molecule has 0 aliphatic heterocycles. The Morgan fingerprint density at radius 3 is 2.73 bits per heavy atom. The Balaban J connectivity index is 2.43. The fraction of sp³-hybridized carbons (Fsp3) is 0.188. The molecule has 2 aromatic rings. The van der Waals surface area contributed by atoms with Gasteiger partial charge in [-0.15, -0.1) is 0 Å². The van der Waals surface area contributed by atoms with Crippen LogP contribution in [0.2, 0.25) is 0 Å². The molecule has 0 spiro atoms. The van der Waals surface area contributed by atoms with Crippen molar-refractivity contribution in [3.63, 3.8) is 0 Å². The van der Waals surface area contributed by atoms with Crippen LogP contribution in [0, 0.1) is 0 Å². The van der Waals surface area contributed by atoms with Crippen LogP contribution in [-0.4, -0.2) is 25.7 Å². The Labute approximate surface area is 125 Å². The van der Waals surface area contributed by atoms with Gasteiger partial charge >= 0.3 is 17.6 Å². The van der Waals surface area contributed by atoms with Crippen LogP contribution in [0.5, 0.6) is 0 Å². The van der Waals surface area contributed by atoms with E-state index in [4.69, 9.17) is 9.15 Å². The highest BCUT2D eigenvalue weighted by Crippen LogP contribution is 2.17. The highest BCUT2D eigenvalue weighted by molar-refractivity contribution is 5.94. The summed E-state index contributed by atoms with van der Waals surface area (Å²) in [6.45, 7) is 1.93. The van der Waals surface area contributed by atoms with Crippen LogP contribution in [-0.2, 0) is 14.3 Å². The van der Waals surface area contributed by atoms with Crippen LogP contribution in [0.4, 0.5) is 0 Å². The molecule has 0 fully saturated rings. The van der Waals surface area contributed by atoms with E-state index in [0.717, 1.165) is 6.08 Å². The van der Waals surface area contributed by atoms with Gasteiger partial charge in [0.2, 0.25) is 0 Å². The summed E-state index contributed by atoms with van der Waals surface area (Å²) in [6.07, 6.45) is 2.46. The molecule has 0 amide bonds. The van der Waals surface area contributed by atoms with Gasteiger partial charge in [0.25, 0.3) is 0 Å². The van der Waals surface area contributed by atoms with E-state index in [0.29, 0.717) is 16.5 Å². The Morgan fingerprint density at radius 1 is 1.27 bits per heavy atom. The third-order valence-corrected chi connectivity index (χ3v) is 2.87. The fourth-order valence-electron chi connectivity index (χ4n) is 1.85. The molecule has 0 atom stereocenters. The first-order valence-electron chi connectivity index (χ1n) is 6.56. The zero-order valence-electron chi connectivity index (χ0n) is 12.1. The van der Waals surface area contributed by atoms with Crippen molar-refractivity contribution in [1.29, 1.82) is 0 Å². The Morgan fingerprint density at radius 2 is 2.05 bits per heavy atom. The molecule has 6 nitrogen and oxygen atoms in total. The molecule has 1 aromatic heterocycles. The van der Waals surface area contributed by atoms with Gasteiger partial charge in [-0.25, -0.2) is 14.4 Å². The fourth-order valence-corrected chi connectivity index (χ4v) is 1.85. The minimum Gasteiger partial charge on any atom is -0.465 e. The number of benzene rings is 1. The summed E-state index contributed by atoms with van der Waals surface area (Å²) >= 11 is 0.